The third-order valence-electron chi connectivity index (χ3n) is 7.94. The molecule has 0 saturated carbocycles. The molecule has 8 heteroatoms. The van der Waals surface area contributed by atoms with Gasteiger partial charge in [0.1, 0.15) is 28.5 Å². The van der Waals surface area contributed by atoms with Crippen LogP contribution in [0, 0.1) is 0 Å². The molecule has 38 heavy (non-hydrogen) atoms. The van der Waals surface area contributed by atoms with Crippen LogP contribution >= 0.6 is 0 Å². The monoisotopic (exact) mass is 509 g/mol. The summed E-state index contributed by atoms with van der Waals surface area (Å²) in [5, 5.41) is 4.24. The Morgan fingerprint density at radius 2 is 1.34 bits per heavy atom. The number of pyridine rings is 2. The summed E-state index contributed by atoms with van der Waals surface area (Å²) in [6.07, 6.45) is 6.91. The Kier molecular flexibility index (Phi) is 5.11. The Hall–Kier alpha value is -4.46. The number of para-hydroxylation sites is 2. The van der Waals surface area contributed by atoms with Crippen LogP contribution in [0.15, 0.2) is 48.8 Å². The van der Waals surface area contributed by atoms with Crippen LogP contribution in [0.2, 0.25) is 0 Å². The molecule has 0 amide bonds. The van der Waals surface area contributed by atoms with Crippen molar-refractivity contribution in [3.63, 3.8) is 0 Å². The lowest BCUT2D eigenvalue weighted by Gasteiger charge is -2.21. The van der Waals surface area contributed by atoms with Crippen molar-refractivity contribution in [2.75, 3.05) is 28.4 Å². The highest BCUT2D eigenvalue weighted by Gasteiger charge is 2.36. The lowest BCUT2D eigenvalue weighted by atomic mass is 9.95. The molecule has 1 aliphatic rings. The van der Waals surface area contributed by atoms with Gasteiger partial charge in [0.05, 0.1) is 62.0 Å². The Labute approximate surface area is 219 Å². The second-order valence-electron chi connectivity index (χ2n) is 9.69. The standard InChI is InChI=1S/C30H28N4O4/c1-35-20-12-6-9-17-25-23(38-4)15-34-18(28(25)32-26(17)20)10-7-11-19(34)29-30-24(22(37-3)14-31-29)16-8-5-13-21(36-2)27(16)33-30/h5-6,8-9,12-15,19H,7,10-11H2,1-4H3,(H,31,33)/p+1. The second kappa shape index (κ2) is 8.55. The number of methoxy groups -OCH3 is 4. The van der Waals surface area contributed by atoms with E-state index in [4.69, 9.17) is 23.9 Å². The van der Waals surface area contributed by atoms with E-state index < -0.39 is 0 Å². The number of fused-ring (bicyclic) bond motifs is 8. The first-order valence-corrected chi connectivity index (χ1v) is 12.8. The number of benzene rings is 2. The van der Waals surface area contributed by atoms with Crippen LogP contribution in [0.5, 0.6) is 23.0 Å². The number of nitrogens with one attached hydrogen (secondary N) is 2. The molecule has 7 rings (SSSR count). The summed E-state index contributed by atoms with van der Waals surface area (Å²) in [7, 11) is 6.81. The van der Waals surface area contributed by atoms with Gasteiger partial charge in [-0.3, -0.25) is 0 Å². The van der Waals surface area contributed by atoms with E-state index in [9.17, 15) is 0 Å². The zero-order chi connectivity index (χ0) is 26.0. The summed E-state index contributed by atoms with van der Waals surface area (Å²) in [6.45, 7) is 0. The molecule has 192 valence electrons. The van der Waals surface area contributed by atoms with E-state index >= 15 is 0 Å². The van der Waals surface area contributed by atoms with Gasteiger partial charge in [-0.1, -0.05) is 24.3 Å². The first-order chi connectivity index (χ1) is 18.7. The van der Waals surface area contributed by atoms with Gasteiger partial charge in [-0.05, 0) is 18.6 Å². The lowest BCUT2D eigenvalue weighted by Crippen LogP contribution is -2.47. The Morgan fingerprint density at radius 1 is 0.737 bits per heavy atom. The maximum atomic E-state index is 5.97. The number of aromatic amines is 2. The van der Waals surface area contributed by atoms with Crippen molar-refractivity contribution in [3.8, 4) is 23.0 Å². The van der Waals surface area contributed by atoms with Gasteiger partial charge in [-0.2, -0.15) is 4.57 Å². The third-order valence-corrected chi connectivity index (χ3v) is 7.94. The summed E-state index contributed by atoms with van der Waals surface area (Å²) >= 11 is 0. The smallest absolute Gasteiger partial charge is 0.212 e. The maximum Gasteiger partial charge on any atom is 0.212 e. The van der Waals surface area contributed by atoms with E-state index in [1.54, 1.807) is 28.4 Å². The highest BCUT2D eigenvalue weighted by Crippen LogP contribution is 2.42. The van der Waals surface area contributed by atoms with Gasteiger partial charge in [-0.25, -0.2) is 4.98 Å². The molecule has 0 saturated heterocycles. The summed E-state index contributed by atoms with van der Waals surface area (Å²) in [6, 6.07) is 12.2. The molecule has 5 heterocycles. The molecule has 1 unspecified atom stereocenters. The average Bonchev–Trinajstić information content (AvgIpc) is 3.56. The van der Waals surface area contributed by atoms with E-state index in [0.29, 0.717) is 0 Å². The van der Waals surface area contributed by atoms with E-state index in [1.165, 1.54) is 5.69 Å². The largest absolute Gasteiger partial charge is 0.495 e. The van der Waals surface area contributed by atoms with E-state index in [0.717, 1.165) is 91.6 Å². The molecule has 4 aromatic heterocycles. The zero-order valence-corrected chi connectivity index (χ0v) is 21.8. The molecular weight excluding hydrogens is 480 g/mol. The predicted molar refractivity (Wildman–Crippen MR) is 147 cm³/mol. The Balaban J connectivity index is 1.52. The molecule has 0 fully saturated rings. The normalized spacial score (nSPS) is 15.3. The second-order valence-corrected chi connectivity index (χ2v) is 9.69. The maximum absolute atomic E-state index is 5.97. The molecule has 2 aromatic carbocycles. The number of aryl methyl sites for hydroxylation is 1. The summed E-state index contributed by atoms with van der Waals surface area (Å²) in [5.74, 6) is 3.16. The van der Waals surface area contributed by atoms with Crippen LogP contribution in [-0.2, 0) is 6.42 Å². The van der Waals surface area contributed by atoms with Crippen LogP contribution in [0.1, 0.15) is 30.3 Å². The SMILES string of the molecule is COc1cccc2c1[nH]c1c(C3CCCc4c5[nH]c6c(OC)cccc6c5c(OC)c[n+]43)ncc(OC)c12. The topological polar surface area (TPSA) is 85.3 Å². The third kappa shape index (κ3) is 3.03. The number of H-pyrrole nitrogens is 2. The van der Waals surface area contributed by atoms with Crippen LogP contribution in [0.4, 0.5) is 0 Å². The van der Waals surface area contributed by atoms with Gasteiger partial charge < -0.3 is 28.9 Å². The van der Waals surface area contributed by atoms with Crippen molar-refractivity contribution < 1.29 is 23.5 Å². The van der Waals surface area contributed by atoms with Gasteiger partial charge in [0, 0.05) is 23.6 Å². The van der Waals surface area contributed by atoms with Crippen molar-refractivity contribution in [3.05, 3.63) is 60.2 Å². The molecule has 2 N–H and O–H groups in total. The van der Waals surface area contributed by atoms with Gasteiger partial charge in [0.25, 0.3) is 0 Å². The quantitative estimate of drug-likeness (QED) is 0.296. The molecule has 0 aliphatic carbocycles. The number of nitrogens with zero attached hydrogens (tertiary/aromatic N) is 2. The number of rotatable bonds is 5. The van der Waals surface area contributed by atoms with Gasteiger partial charge in [0.15, 0.2) is 5.75 Å². The van der Waals surface area contributed by atoms with Crippen molar-refractivity contribution in [1.82, 2.24) is 15.0 Å². The van der Waals surface area contributed by atoms with Gasteiger partial charge >= 0.3 is 0 Å². The van der Waals surface area contributed by atoms with E-state index in [2.05, 4.69) is 32.9 Å². The van der Waals surface area contributed by atoms with Gasteiger partial charge in [-0.15, -0.1) is 0 Å². The fraction of sp³-hybridized carbons (Fsp3) is 0.267. The lowest BCUT2D eigenvalue weighted by molar-refractivity contribution is -0.725. The van der Waals surface area contributed by atoms with Crippen molar-refractivity contribution in [2.24, 2.45) is 0 Å². The number of ether oxygens (including phenoxy) is 4. The molecule has 1 atom stereocenters. The van der Waals surface area contributed by atoms with Crippen LogP contribution in [0.3, 0.4) is 0 Å². The average molecular weight is 510 g/mol. The molecule has 0 bridgehead atoms. The fourth-order valence-electron chi connectivity index (χ4n) is 6.26. The van der Waals surface area contributed by atoms with E-state index in [-0.39, 0.29) is 6.04 Å². The van der Waals surface area contributed by atoms with Crippen molar-refractivity contribution in [1.29, 1.82) is 0 Å². The zero-order valence-electron chi connectivity index (χ0n) is 21.8. The minimum absolute atomic E-state index is 0.0119. The fourth-order valence-corrected chi connectivity index (χ4v) is 6.26. The number of aromatic nitrogens is 4. The highest BCUT2D eigenvalue weighted by molar-refractivity contribution is 6.13. The molecule has 8 nitrogen and oxygen atoms in total. The summed E-state index contributed by atoms with van der Waals surface area (Å²) in [4.78, 5) is 12.3. The highest BCUT2D eigenvalue weighted by atomic mass is 16.5. The summed E-state index contributed by atoms with van der Waals surface area (Å²) in [5.41, 5.74) is 6.17. The van der Waals surface area contributed by atoms with Crippen LogP contribution in [0.25, 0.3) is 43.6 Å². The first-order valence-electron chi connectivity index (χ1n) is 12.8. The first kappa shape index (κ1) is 22.7. The van der Waals surface area contributed by atoms with Crippen LogP contribution in [-0.4, -0.2) is 43.4 Å². The minimum Gasteiger partial charge on any atom is -0.495 e. The summed E-state index contributed by atoms with van der Waals surface area (Å²) < 4.78 is 25.4. The molecule has 0 radical (unpaired) electrons. The van der Waals surface area contributed by atoms with Crippen LogP contribution < -0.4 is 23.5 Å². The number of hydrogen-bond acceptors (Lipinski definition) is 5. The predicted octanol–water partition coefficient (Wildman–Crippen LogP) is 5.60. The minimum atomic E-state index is 0.0119. The Bertz CT molecular complexity index is 1870. The Morgan fingerprint density at radius 3 is 1.97 bits per heavy atom. The number of hydrogen-bond donors (Lipinski definition) is 2. The molecular formula is C30H29N4O4+. The van der Waals surface area contributed by atoms with Gasteiger partial charge in [0.2, 0.25) is 17.9 Å². The van der Waals surface area contributed by atoms with Crippen molar-refractivity contribution in [2.45, 2.75) is 25.3 Å². The molecule has 1 aliphatic heterocycles. The van der Waals surface area contributed by atoms with E-state index in [1.807, 2.05) is 30.5 Å². The van der Waals surface area contributed by atoms with Crippen molar-refractivity contribution >= 4 is 43.6 Å². The molecule has 6 aromatic rings. The molecule has 0 spiro atoms.